The second-order valence-corrected chi connectivity index (χ2v) is 8.16. The topological polar surface area (TPSA) is 60.5 Å². The summed E-state index contributed by atoms with van der Waals surface area (Å²) >= 11 is 0. The molecule has 0 saturated carbocycles. The molecule has 168 valence electrons. The number of hydrogen-bond donors (Lipinski definition) is 1. The van der Waals surface area contributed by atoms with Crippen LogP contribution in [0.1, 0.15) is 73.4 Å². The fourth-order valence-electron chi connectivity index (χ4n) is 3.41. The summed E-state index contributed by atoms with van der Waals surface area (Å²) in [5.41, 5.74) is 3.91. The maximum absolute atomic E-state index is 12.8. The van der Waals surface area contributed by atoms with Gasteiger partial charge in [0.25, 0.3) is 5.91 Å². The normalized spacial score (nSPS) is 11.9. The zero-order valence-electron chi connectivity index (χ0n) is 19.5. The summed E-state index contributed by atoms with van der Waals surface area (Å²) in [6.45, 7) is 10.9. The number of hydrogen-bond acceptors (Lipinski definition) is 4. The van der Waals surface area contributed by atoms with Crippen LogP contribution in [-0.4, -0.2) is 17.5 Å². The molecule has 0 spiro atoms. The molecule has 1 N–H and O–H groups in total. The second kappa shape index (κ2) is 10.9. The van der Waals surface area contributed by atoms with E-state index < -0.39 is 0 Å². The van der Waals surface area contributed by atoms with Crippen molar-refractivity contribution in [3.8, 4) is 11.5 Å². The van der Waals surface area contributed by atoms with Crippen LogP contribution in [0.25, 0.3) is 0 Å². The van der Waals surface area contributed by atoms with Crippen molar-refractivity contribution in [2.45, 2.75) is 53.1 Å². The summed E-state index contributed by atoms with van der Waals surface area (Å²) < 4.78 is 11.8. The Labute approximate surface area is 190 Å². The highest BCUT2D eigenvalue weighted by Gasteiger charge is 2.14. The average molecular weight is 433 g/mol. The first kappa shape index (κ1) is 23.5. The summed E-state index contributed by atoms with van der Waals surface area (Å²) in [4.78, 5) is 17.3. The summed E-state index contributed by atoms with van der Waals surface area (Å²) in [7, 11) is 0. The lowest BCUT2D eigenvalue weighted by atomic mass is 10.0. The largest absolute Gasteiger partial charge is 0.457 e. The predicted molar refractivity (Wildman–Crippen MR) is 129 cm³/mol. The molecule has 1 atom stereocenters. The van der Waals surface area contributed by atoms with Gasteiger partial charge in [-0.3, -0.25) is 9.78 Å². The Bertz CT molecular complexity index is 1050. The Morgan fingerprint density at radius 3 is 2.38 bits per heavy atom. The van der Waals surface area contributed by atoms with Crippen LogP contribution in [0.3, 0.4) is 0 Å². The van der Waals surface area contributed by atoms with Gasteiger partial charge in [-0.2, -0.15) is 0 Å². The van der Waals surface area contributed by atoms with Crippen molar-refractivity contribution >= 4 is 11.6 Å². The fraction of sp³-hybridized carbons (Fsp3) is 0.333. The smallest absolute Gasteiger partial charge is 0.257 e. The van der Waals surface area contributed by atoms with Crippen LogP contribution >= 0.6 is 0 Å². The Hall–Kier alpha value is -3.18. The molecule has 5 heteroatoms. The number of amides is 1. The van der Waals surface area contributed by atoms with Gasteiger partial charge in [0.05, 0.1) is 23.1 Å². The third-order valence-electron chi connectivity index (χ3n) is 5.22. The highest BCUT2D eigenvalue weighted by Crippen LogP contribution is 2.30. The van der Waals surface area contributed by atoms with Gasteiger partial charge >= 0.3 is 0 Å². The molecular weight excluding hydrogens is 400 g/mol. The molecule has 0 radical (unpaired) electrons. The summed E-state index contributed by atoms with van der Waals surface area (Å²) in [6, 6.07) is 19.1. The highest BCUT2D eigenvalue weighted by atomic mass is 16.5. The van der Waals surface area contributed by atoms with Gasteiger partial charge in [-0.15, -0.1) is 0 Å². The SMILES string of the molecule is CCCOC(C)c1ccc(C(=O)Nc2ccc(Oc3ccccc3C(C)C)cc2)c(C)n1. The first-order valence-corrected chi connectivity index (χ1v) is 11.2. The number of ether oxygens (including phenoxy) is 2. The van der Waals surface area contributed by atoms with E-state index in [-0.39, 0.29) is 12.0 Å². The molecule has 0 aliphatic heterocycles. The molecule has 1 heterocycles. The van der Waals surface area contributed by atoms with Gasteiger partial charge in [-0.05, 0) is 74.2 Å². The number of aryl methyl sites for hydroxylation is 1. The third-order valence-corrected chi connectivity index (χ3v) is 5.22. The number of aromatic nitrogens is 1. The van der Waals surface area contributed by atoms with Crippen LogP contribution in [0.2, 0.25) is 0 Å². The highest BCUT2D eigenvalue weighted by molar-refractivity contribution is 6.05. The number of nitrogens with one attached hydrogen (secondary N) is 1. The second-order valence-electron chi connectivity index (χ2n) is 8.16. The van der Waals surface area contributed by atoms with Crippen LogP contribution < -0.4 is 10.1 Å². The van der Waals surface area contributed by atoms with Crippen LogP contribution in [0.15, 0.2) is 60.7 Å². The molecule has 0 aliphatic rings. The van der Waals surface area contributed by atoms with Crippen molar-refractivity contribution in [2.24, 2.45) is 0 Å². The molecule has 3 aromatic rings. The van der Waals surface area contributed by atoms with E-state index in [0.29, 0.717) is 29.5 Å². The zero-order valence-corrected chi connectivity index (χ0v) is 19.5. The van der Waals surface area contributed by atoms with E-state index in [1.165, 1.54) is 0 Å². The van der Waals surface area contributed by atoms with Crippen molar-refractivity contribution in [3.05, 3.63) is 83.2 Å². The van der Waals surface area contributed by atoms with E-state index in [2.05, 4.69) is 37.1 Å². The molecule has 5 nitrogen and oxygen atoms in total. The van der Waals surface area contributed by atoms with E-state index in [0.717, 1.165) is 29.2 Å². The number of carbonyl (C=O) groups is 1. The Kier molecular flexibility index (Phi) is 8.01. The minimum atomic E-state index is -0.192. The molecule has 3 rings (SSSR count). The first-order valence-electron chi connectivity index (χ1n) is 11.2. The molecule has 1 unspecified atom stereocenters. The molecule has 0 bridgehead atoms. The van der Waals surface area contributed by atoms with Crippen molar-refractivity contribution < 1.29 is 14.3 Å². The zero-order chi connectivity index (χ0) is 23.1. The number of benzene rings is 2. The molecule has 1 aromatic heterocycles. The maximum Gasteiger partial charge on any atom is 0.257 e. The summed E-state index contributed by atoms with van der Waals surface area (Å²) in [5, 5.41) is 2.94. The van der Waals surface area contributed by atoms with Gasteiger partial charge < -0.3 is 14.8 Å². The van der Waals surface area contributed by atoms with Crippen LogP contribution in [-0.2, 0) is 4.74 Å². The van der Waals surface area contributed by atoms with Crippen LogP contribution in [0, 0.1) is 6.92 Å². The molecule has 1 amide bonds. The standard InChI is InChI=1S/C27H32N2O3/c1-6-17-31-20(5)25-16-15-24(19(4)28-25)27(30)29-21-11-13-22(14-12-21)32-26-10-8-7-9-23(26)18(2)3/h7-16,18,20H,6,17H2,1-5H3,(H,29,30). The van der Waals surface area contributed by atoms with Gasteiger partial charge in [-0.1, -0.05) is 39.0 Å². The van der Waals surface area contributed by atoms with Gasteiger partial charge in [0.2, 0.25) is 0 Å². The number of nitrogens with zero attached hydrogens (tertiary/aromatic N) is 1. The first-order chi connectivity index (χ1) is 15.4. The Morgan fingerprint density at radius 1 is 1.00 bits per heavy atom. The van der Waals surface area contributed by atoms with Crippen LogP contribution in [0.4, 0.5) is 5.69 Å². The number of rotatable bonds is 9. The predicted octanol–water partition coefficient (Wildman–Crippen LogP) is 7.05. The van der Waals surface area contributed by atoms with E-state index in [1.54, 1.807) is 6.07 Å². The molecule has 0 aliphatic carbocycles. The van der Waals surface area contributed by atoms with Gasteiger partial charge in [-0.25, -0.2) is 0 Å². The van der Waals surface area contributed by atoms with Gasteiger partial charge in [0.15, 0.2) is 0 Å². The summed E-state index contributed by atoms with van der Waals surface area (Å²) in [5.74, 6) is 1.74. The van der Waals surface area contributed by atoms with Crippen molar-refractivity contribution in [1.29, 1.82) is 0 Å². The average Bonchev–Trinajstić information content (AvgIpc) is 2.78. The van der Waals surface area contributed by atoms with E-state index in [1.807, 2.05) is 62.4 Å². The number of carbonyl (C=O) groups excluding carboxylic acids is 1. The lowest BCUT2D eigenvalue weighted by Gasteiger charge is -2.15. The number of para-hydroxylation sites is 1. The Morgan fingerprint density at radius 2 is 1.72 bits per heavy atom. The number of pyridine rings is 1. The monoisotopic (exact) mass is 432 g/mol. The van der Waals surface area contributed by atoms with Gasteiger partial charge in [0, 0.05) is 12.3 Å². The molecular formula is C27H32N2O3. The lowest BCUT2D eigenvalue weighted by Crippen LogP contribution is -2.15. The lowest BCUT2D eigenvalue weighted by molar-refractivity contribution is 0.0632. The quantitative estimate of drug-likeness (QED) is 0.394. The minimum Gasteiger partial charge on any atom is -0.457 e. The molecule has 32 heavy (non-hydrogen) atoms. The maximum atomic E-state index is 12.8. The molecule has 2 aromatic carbocycles. The molecule has 0 saturated heterocycles. The fourth-order valence-corrected chi connectivity index (χ4v) is 3.41. The minimum absolute atomic E-state index is 0.0980. The van der Waals surface area contributed by atoms with E-state index in [9.17, 15) is 4.79 Å². The van der Waals surface area contributed by atoms with E-state index >= 15 is 0 Å². The van der Waals surface area contributed by atoms with Crippen molar-refractivity contribution in [1.82, 2.24) is 4.98 Å². The van der Waals surface area contributed by atoms with E-state index in [4.69, 9.17) is 9.47 Å². The number of anilines is 1. The van der Waals surface area contributed by atoms with Gasteiger partial charge in [0.1, 0.15) is 11.5 Å². The van der Waals surface area contributed by atoms with Crippen molar-refractivity contribution in [3.63, 3.8) is 0 Å². The summed E-state index contributed by atoms with van der Waals surface area (Å²) in [6.07, 6.45) is 0.858. The third kappa shape index (κ3) is 5.95. The van der Waals surface area contributed by atoms with Crippen molar-refractivity contribution in [2.75, 3.05) is 11.9 Å². The van der Waals surface area contributed by atoms with Crippen LogP contribution in [0.5, 0.6) is 11.5 Å². The molecule has 0 fully saturated rings. The Balaban J connectivity index is 1.66.